The van der Waals surface area contributed by atoms with Crippen molar-refractivity contribution in [2.24, 2.45) is 0 Å². The minimum Gasteiger partial charge on any atom is -0.495 e. The summed E-state index contributed by atoms with van der Waals surface area (Å²) in [5.74, 6) is -0.631. The van der Waals surface area contributed by atoms with Crippen LogP contribution in [-0.4, -0.2) is 33.6 Å². The molecule has 0 spiro atoms. The van der Waals surface area contributed by atoms with Gasteiger partial charge in [-0.15, -0.1) is 0 Å². The Hall–Kier alpha value is -2.53. The number of hydrogen-bond acceptors (Lipinski definition) is 6. The highest BCUT2D eigenvalue weighted by molar-refractivity contribution is 7.89. The van der Waals surface area contributed by atoms with Crippen LogP contribution in [0.5, 0.6) is 5.75 Å². The Morgan fingerprint density at radius 1 is 1.20 bits per heavy atom. The van der Waals surface area contributed by atoms with Gasteiger partial charge >= 0.3 is 0 Å². The first-order valence-corrected chi connectivity index (χ1v) is 11.0. The van der Waals surface area contributed by atoms with E-state index < -0.39 is 22.1 Å². The number of sulfonamides is 1. The van der Waals surface area contributed by atoms with Crippen LogP contribution in [-0.2, 0) is 10.0 Å². The smallest absolute Gasteiger partial charge is 0.252 e. The van der Waals surface area contributed by atoms with Crippen molar-refractivity contribution in [3.63, 3.8) is 0 Å². The molecule has 162 valence electrons. The van der Waals surface area contributed by atoms with Gasteiger partial charge in [-0.1, -0.05) is 12.1 Å². The Kier molecular flexibility index (Phi) is 6.71. The Balaban J connectivity index is 1.74. The summed E-state index contributed by atoms with van der Waals surface area (Å²) in [6, 6.07) is 9.97. The zero-order chi connectivity index (χ0) is 21.9. The van der Waals surface area contributed by atoms with Crippen LogP contribution in [0.4, 0.5) is 4.39 Å². The molecule has 0 radical (unpaired) electrons. The van der Waals surface area contributed by atoms with Crippen molar-refractivity contribution < 1.29 is 22.3 Å². The SMILES string of the molecule is COc1ccc(C(=O)NC2CC(c3cccc(F)c3)NN2)cc1S(=O)(=O)NC(C)C. The van der Waals surface area contributed by atoms with E-state index in [-0.39, 0.29) is 34.1 Å². The summed E-state index contributed by atoms with van der Waals surface area (Å²) >= 11 is 0. The summed E-state index contributed by atoms with van der Waals surface area (Å²) in [6.07, 6.45) is 0.0764. The number of benzene rings is 2. The Labute approximate surface area is 175 Å². The van der Waals surface area contributed by atoms with Crippen molar-refractivity contribution in [2.45, 2.75) is 43.4 Å². The van der Waals surface area contributed by atoms with Crippen LogP contribution in [0.25, 0.3) is 0 Å². The monoisotopic (exact) mass is 436 g/mol. The quantitative estimate of drug-likeness (QED) is 0.527. The lowest BCUT2D eigenvalue weighted by atomic mass is 10.0. The minimum absolute atomic E-state index is 0.110. The second-order valence-corrected chi connectivity index (χ2v) is 8.98. The van der Waals surface area contributed by atoms with Crippen molar-refractivity contribution in [1.29, 1.82) is 0 Å². The van der Waals surface area contributed by atoms with E-state index >= 15 is 0 Å². The standard InChI is InChI=1S/C20H25FN4O4S/c1-12(2)25-30(27,28)18-10-14(7-8-17(18)29-3)20(26)22-19-11-16(23-24-19)13-5-4-6-15(21)9-13/h4-10,12,16,19,23-25H,11H2,1-3H3,(H,22,26). The van der Waals surface area contributed by atoms with Gasteiger partial charge in [0, 0.05) is 24.1 Å². The third-order valence-corrected chi connectivity index (χ3v) is 6.25. The summed E-state index contributed by atoms with van der Waals surface area (Å²) in [4.78, 5) is 12.6. The fourth-order valence-corrected chi connectivity index (χ4v) is 4.68. The fraction of sp³-hybridized carbons (Fsp3) is 0.350. The van der Waals surface area contributed by atoms with Crippen molar-refractivity contribution in [3.8, 4) is 5.75 Å². The largest absolute Gasteiger partial charge is 0.495 e. The highest BCUT2D eigenvalue weighted by atomic mass is 32.2. The van der Waals surface area contributed by atoms with E-state index in [1.807, 2.05) is 0 Å². The average Bonchev–Trinajstić information content (AvgIpc) is 3.15. The van der Waals surface area contributed by atoms with Crippen molar-refractivity contribution >= 4 is 15.9 Å². The van der Waals surface area contributed by atoms with E-state index in [0.717, 1.165) is 5.56 Å². The molecule has 2 aromatic carbocycles. The van der Waals surface area contributed by atoms with Crippen LogP contribution in [0.3, 0.4) is 0 Å². The molecule has 4 N–H and O–H groups in total. The van der Waals surface area contributed by atoms with E-state index in [1.54, 1.807) is 26.0 Å². The first-order chi connectivity index (χ1) is 14.2. The maximum atomic E-state index is 13.4. The van der Waals surface area contributed by atoms with Gasteiger partial charge in [0.2, 0.25) is 10.0 Å². The highest BCUT2D eigenvalue weighted by Crippen LogP contribution is 2.26. The summed E-state index contributed by atoms with van der Waals surface area (Å²) in [6.45, 7) is 3.41. The first kappa shape index (κ1) is 22.2. The lowest BCUT2D eigenvalue weighted by Gasteiger charge is -2.15. The Morgan fingerprint density at radius 3 is 2.63 bits per heavy atom. The number of rotatable bonds is 7. The first-order valence-electron chi connectivity index (χ1n) is 9.47. The van der Waals surface area contributed by atoms with E-state index in [2.05, 4.69) is 20.9 Å². The minimum atomic E-state index is -3.85. The van der Waals surface area contributed by atoms with Crippen LogP contribution in [0.1, 0.15) is 42.2 Å². The summed E-state index contributed by atoms with van der Waals surface area (Å²) in [7, 11) is -2.49. The Morgan fingerprint density at radius 2 is 1.97 bits per heavy atom. The summed E-state index contributed by atoms with van der Waals surface area (Å²) in [5, 5.41) is 2.80. The number of amides is 1. The van der Waals surface area contributed by atoms with Gasteiger partial charge in [-0.2, -0.15) is 0 Å². The predicted molar refractivity (Wildman–Crippen MR) is 110 cm³/mol. The summed E-state index contributed by atoms with van der Waals surface area (Å²) < 4.78 is 46.3. The second kappa shape index (κ2) is 9.09. The van der Waals surface area contributed by atoms with Crippen molar-refractivity contribution in [2.75, 3.05) is 7.11 Å². The molecule has 1 fully saturated rings. The molecule has 1 heterocycles. The molecule has 10 heteroatoms. The molecule has 0 saturated carbocycles. The summed E-state index contributed by atoms with van der Waals surface area (Å²) in [5.41, 5.74) is 6.92. The number of hydrazine groups is 1. The zero-order valence-electron chi connectivity index (χ0n) is 16.9. The predicted octanol–water partition coefficient (Wildman–Crippen LogP) is 1.82. The average molecular weight is 437 g/mol. The molecule has 0 aliphatic carbocycles. The van der Waals surface area contributed by atoms with Gasteiger partial charge in [-0.3, -0.25) is 4.79 Å². The van der Waals surface area contributed by atoms with Crippen LogP contribution in [0.15, 0.2) is 47.4 Å². The number of carbonyl (C=O) groups excluding carboxylic acids is 1. The fourth-order valence-electron chi connectivity index (χ4n) is 3.24. The second-order valence-electron chi connectivity index (χ2n) is 7.30. The van der Waals surface area contributed by atoms with Gasteiger partial charge in [0.25, 0.3) is 5.91 Å². The molecule has 2 aromatic rings. The molecule has 8 nitrogen and oxygen atoms in total. The highest BCUT2D eigenvalue weighted by Gasteiger charge is 2.28. The van der Waals surface area contributed by atoms with Gasteiger partial charge in [0.1, 0.15) is 16.5 Å². The van der Waals surface area contributed by atoms with E-state index in [9.17, 15) is 17.6 Å². The van der Waals surface area contributed by atoms with Gasteiger partial charge < -0.3 is 10.1 Å². The normalized spacial score (nSPS) is 19.1. The number of carbonyl (C=O) groups is 1. The molecule has 1 amide bonds. The number of nitrogens with one attached hydrogen (secondary N) is 4. The maximum absolute atomic E-state index is 13.4. The molecule has 30 heavy (non-hydrogen) atoms. The van der Waals surface area contributed by atoms with Gasteiger partial charge in [-0.05, 0) is 49.7 Å². The molecular formula is C20H25FN4O4S. The third kappa shape index (κ3) is 5.14. The molecule has 1 aliphatic heterocycles. The molecule has 1 aliphatic rings. The lowest BCUT2D eigenvalue weighted by Crippen LogP contribution is -2.44. The molecule has 0 aromatic heterocycles. The van der Waals surface area contributed by atoms with E-state index in [4.69, 9.17) is 4.74 Å². The third-order valence-electron chi connectivity index (χ3n) is 4.57. The van der Waals surface area contributed by atoms with E-state index in [0.29, 0.717) is 6.42 Å². The number of hydrogen-bond donors (Lipinski definition) is 4. The molecule has 2 atom stereocenters. The lowest BCUT2D eigenvalue weighted by molar-refractivity contribution is 0.0932. The molecule has 1 saturated heterocycles. The van der Waals surface area contributed by atoms with Crippen LogP contribution in [0, 0.1) is 5.82 Å². The number of methoxy groups -OCH3 is 1. The van der Waals surface area contributed by atoms with Gasteiger partial charge in [-0.25, -0.2) is 28.4 Å². The topological polar surface area (TPSA) is 109 Å². The van der Waals surface area contributed by atoms with Crippen LogP contribution < -0.4 is 25.6 Å². The molecule has 0 bridgehead atoms. The Bertz CT molecular complexity index is 1030. The molecule has 3 rings (SSSR count). The van der Waals surface area contributed by atoms with Gasteiger partial charge in [0.15, 0.2) is 0 Å². The number of halogens is 1. The van der Waals surface area contributed by atoms with Crippen molar-refractivity contribution in [3.05, 3.63) is 59.4 Å². The number of ether oxygens (including phenoxy) is 1. The zero-order valence-corrected chi connectivity index (χ0v) is 17.7. The van der Waals surface area contributed by atoms with Gasteiger partial charge in [0.05, 0.1) is 13.3 Å². The van der Waals surface area contributed by atoms with Crippen LogP contribution >= 0.6 is 0 Å². The maximum Gasteiger partial charge on any atom is 0.252 e. The molecule has 2 unspecified atom stereocenters. The molecular weight excluding hydrogens is 411 g/mol. The van der Waals surface area contributed by atoms with Crippen LogP contribution in [0.2, 0.25) is 0 Å². The van der Waals surface area contributed by atoms with E-state index in [1.165, 1.54) is 37.4 Å². The van der Waals surface area contributed by atoms with Crippen molar-refractivity contribution in [1.82, 2.24) is 20.9 Å².